The molecule has 0 aliphatic rings. The van der Waals surface area contributed by atoms with Gasteiger partial charge in [0.15, 0.2) is 0 Å². The summed E-state index contributed by atoms with van der Waals surface area (Å²) >= 11 is 0.468. The summed E-state index contributed by atoms with van der Waals surface area (Å²) in [6, 6.07) is 0. The van der Waals surface area contributed by atoms with E-state index >= 15 is 0 Å². The zero-order valence-electron chi connectivity index (χ0n) is 4.97. The first kappa shape index (κ1) is 8.22. The van der Waals surface area contributed by atoms with E-state index in [1.165, 1.54) is 13.8 Å². The van der Waals surface area contributed by atoms with Crippen LogP contribution < -0.4 is 0 Å². The number of Topliss-reactive ketones (excluding diaryl/α,β-unsaturated/α-hetero) is 2. The molecule has 0 saturated heterocycles. The predicted octanol–water partition coefficient (Wildman–Crippen LogP) is -0.414. The van der Waals surface area contributed by atoms with Gasteiger partial charge < -0.3 is 0 Å². The van der Waals surface area contributed by atoms with Crippen LogP contribution in [-0.4, -0.2) is 36.3 Å². The molecular formula is C5H9BiO2. The van der Waals surface area contributed by atoms with Gasteiger partial charge in [-0.25, -0.2) is 0 Å². The molecule has 0 bridgehead atoms. The number of ketones is 2. The molecule has 2 nitrogen and oxygen atoms in total. The van der Waals surface area contributed by atoms with Crippen LogP contribution in [0.15, 0.2) is 0 Å². The van der Waals surface area contributed by atoms with Crippen molar-refractivity contribution in [3.8, 4) is 0 Å². The van der Waals surface area contributed by atoms with Crippen molar-refractivity contribution < 1.29 is 9.59 Å². The van der Waals surface area contributed by atoms with Gasteiger partial charge in [-0.05, 0) is 0 Å². The molecule has 0 radical (unpaired) electrons. The molecule has 3 heteroatoms. The van der Waals surface area contributed by atoms with Crippen LogP contribution in [-0.2, 0) is 9.59 Å². The van der Waals surface area contributed by atoms with Gasteiger partial charge in [0.2, 0.25) is 0 Å². The van der Waals surface area contributed by atoms with Crippen molar-refractivity contribution >= 4 is 36.3 Å². The number of carbonyl (C=O) groups is 2. The summed E-state index contributed by atoms with van der Waals surface area (Å²) in [5.74, 6) is 0.0324. The van der Waals surface area contributed by atoms with Crippen molar-refractivity contribution in [1.29, 1.82) is 0 Å². The molecule has 0 aromatic rings. The van der Waals surface area contributed by atoms with Crippen LogP contribution in [0.4, 0.5) is 0 Å². The molecule has 0 aromatic heterocycles. The van der Waals surface area contributed by atoms with E-state index in [1.807, 2.05) is 0 Å². The van der Waals surface area contributed by atoms with Crippen molar-refractivity contribution in [1.82, 2.24) is 0 Å². The van der Waals surface area contributed by atoms with Crippen LogP contribution >= 0.6 is 0 Å². The Bertz CT molecular complexity index is 106. The number of rotatable bonds is 2. The molecule has 0 atom stereocenters. The second kappa shape index (κ2) is 3.29. The van der Waals surface area contributed by atoms with Crippen molar-refractivity contribution in [2.75, 3.05) is 0 Å². The zero-order chi connectivity index (χ0) is 6.73. The molecule has 0 aromatic carbocycles. The Morgan fingerprint density at radius 3 is 1.50 bits per heavy atom. The Morgan fingerprint density at radius 1 is 1.25 bits per heavy atom. The van der Waals surface area contributed by atoms with E-state index in [2.05, 4.69) is 0 Å². The molecule has 0 heterocycles. The summed E-state index contributed by atoms with van der Waals surface area (Å²) in [7, 11) is 0. The van der Waals surface area contributed by atoms with Gasteiger partial charge in [0.05, 0.1) is 0 Å². The molecule has 0 N–H and O–H groups in total. The fourth-order valence-corrected chi connectivity index (χ4v) is 0.286. The fourth-order valence-electron chi connectivity index (χ4n) is 0.286. The number of hydrogen-bond acceptors (Lipinski definition) is 2. The van der Waals surface area contributed by atoms with Crippen LogP contribution in [0.1, 0.15) is 13.8 Å². The summed E-state index contributed by atoms with van der Waals surface area (Å²) < 4.78 is -0.241. The average Bonchev–Trinajstić information content (AvgIpc) is 1.64. The van der Waals surface area contributed by atoms with E-state index in [-0.39, 0.29) is 15.2 Å². The van der Waals surface area contributed by atoms with E-state index in [1.54, 1.807) is 0 Å². The summed E-state index contributed by atoms with van der Waals surface area (Å²) in [6.45, 7) is 2.93. The van der Waals surface area contributed by atoms with Gasteiger partial charge in [0.1, 0.15) is 0 Å². The van der Waals surface area contributed by atoms with Gasteiger partial charge in [0, 0.05) is 0 Å². The molecule has 0 spiro atoms. The van der Waals surface area contributed by atoms with Crippen molar-refractivity contribution in [2.24, 2.45) is 0 Å². The van der Waals surface area contributed by atoms with Crippen LogP contribution in [0.5, 0.6) is 0 Å². The summed E-state index contributed by atoms with van der Waals surface area (Å²) in [4.78, 5) is 20.8. The molecule has 0 unspecified atom stereocenters. The Balaban J connectivity index is 3.83. The Morgan fingerprint density at radius 2 is 1.50 bits per heavy atom. The van der Waals surface area contributed by atoms with Gasteiger partial charge in [-0.1, -0.05) is 0 Å². The third kappa shape index (κ3) is 2.51. The van der Waals surface area contributed by atoms with Gasteiger partial charge in [-0.2, -0.15) is 0 Å². The molecular weight excluding hydrogens is 301 g/mol. The molecule has 0 aliphatic heterocycles. The van der Waals surface area contributed by atoms with Crippen molar-refractivity contribution in [3.05, 3.63) is 0 Å². The minimum atomic E-state index is -0.241. The number of hydrogen-bond donors (Lipinski definition) is 0. The maximum atomic E-state index is 10.4. The van der Waals surface area contributed by atoms with Crippen LogP contribution in [0.25, 0.3) is 0 Å². The molecule has 8 heavy (non-hydrogen) atoms. The normalized spacial score (nSPS) is 9.50. The molecule has 0 amide bonds. The third-order valence-electron chi connectivity index (χ3n) is 0.876. The van der Waals surface area contributed by atoms with E-state index in [4.69, 9.17) is 0 Å². The van der Waals surface area contributed by atoms with E-state index in [9.17, 15) is 9.59 Å². The second-order valence-electron chi connectivity index (χ2n) is 1.70. The SMILES string of the molecule is CC(=O)[CH]([BiH2])C(C)=O. The van der Waals surface area contributed by atoms with E-state index in [0.717, 1.165) is 0 Å². The molecule has 0 fully saturated rings. The van der Waals surface area contributed by atoms with Crippen LogP contribution in [0.3, 0.4) is 0 Å². The van der Waals surface area contributed by atoms with Gasteiger partial charge in [-0.15, -0.1) is 0 Å². The summed E-state index contributed by atoms with van der Waals surface area (Å²) in [5.41, 5.74) is 0. The summed E-state index contributed by atoms with van der Waals surface area (Å²) in [5, 5.41) is 0. The minimum absolute atomic E-state index is 0.0162. The molecule has 0 aliphatic carbocycles. The van der Waals surface area contributed by atoms with Gasteiger partial charge in [-0.3, -0.25) is 0 Å². The fraction of sp³-hybridized carbons (Fsp3) is 0.600. The topological polar surface area (TPSA) is 34.1 Å². The number of carbonyl (C=O) groups excluding carboxylic acids is 2. The average molecular weight is 310 g/mol. The van der Waals surface area contributed by atoms with Crippen molar-refractivity contribution in [3.63, 3.8) is 0 Å². The van der Waals surface area contributed by atoms with Crippen LogP contribution in [0.2, 0.25) is 3.63 Å². The first-order valence-corrected chi connectivity index (χ1v) is 4.91. The maximum absolute atomic E-state index is 10.4. The van der Waals surface area contributed by atoms with Gasteiger partial charge >= 0.3 is 63.3 Å². The molecule has 0 saturated carbocycles. The van der Waals surface area contributed by atoms with Crippen LogP contribution in [0, 0.1) is 0 Å². The van der Waals surface area contributed by atoms with E-state index < -0.39 is 0 Å². The van der Waals surface area contributed by atoms with Gasteiger partial charge in [0.25, 0.3) is 0 Å². The van der Waals surface area contributed by atoms with Crippen molar-refractivity contribution in [2.45, 2.75) is 17.5 Å². The quantitative estimate of drug-likeness (QED) is 0.513. The monoisotopic (exact) mass is 310 g/mol. The Hall–Kier alpha value is 0.223. The second-order valence-corrected chi connectivity index (χ2v) is 4.29. The summed E-state index contributed by atoms with van der Waals surface area (Å²) in [6.07, 6.45) is 0. The first-order valence-electron chi connectivity index (χ1n) is 2.32. The zero-order valence-corrected chi connectivity index (χ0v) is 9.46. The Labute approximate surface area is 63.5 Å². The Kier molecular flexibility index (Phi) is 3.38. The predicted molar refractivity (Wildman–Crippen MR) is 33.7 cm³/mol. The van der Waals surface area contributed by atoms with E-state index in [0.29, 0.717) is 24.7 Å². The first-order chi connectivity index (χ1) is 3.55. The third-order valence-corrected chi connectivity index (χ3v) is 4.53. The standard InChI is InChI=1S/C5H7O2.Bi.2H/c1-4(6)3-5(2)7;;;/h3H,1-2H3;;;. The molecule has 0 rings (SSSR count). The molecule has 46 valence electrons.